The Morgan fingerprint density at radius 3 is 1.20 bits per heavy atom. The number of nitrogens with zero attached hydrogens (tertiary/aromatic N) is 1. The molecule has 0 aliphatic heterocycles. The highest BCUT2D eigenvalue weighted by atomic mass is 16.7. The third-order valence-electron chi connectivity index (χ3n) is 2.73. The molecule has 7 heteroatoms. The fraction of sp³-hybridized carbons (Fsp3) is 0.923. The van der Waals surface area contributed by atoms with Gasteiger partial charge < -0.3 is 32.9 Å². The normalized spacial score (nSPS) is 12.0. The van der Waals surface area contributed by atoms with E-state index in [9.17, 15) is 0 Å². The smallest absolute Gasteiger partial charge is 0.146 e. The molecule has 122 valence electrons. The van der Waals surface area contributed by atoms with Gasteiger partial charge in [-0.3, -0.25) is 0 Å². The number of rotatable bonds is 15. The Kier molecular flexibility index (Phi) is 13.5. The number of hydrogen-bond acceptors (Lipinski definition) is 6. The van der Waals surface area contributed by atoms with E-state index in [1.807, 2.05) is 0 Å². The molecule has 0 spiro atoms. The first-order chi connectivity index (χ1) is 9.68. The Morgan fingerprint density at radius 2 is 0.950 bits per heavy atom. The van der Waals surface area contributed by atoms with Gasteiger partial charge in [0, 0.05) is 21.3 Å². The van der Waals surface area contributed by atoms with Crippen LogP contribution in [0, 0.1) is 7.05 Å². The van der Waals surface area contributed by atoms with Gasteiger partial charge in [0.2, 0.25) is 0 Å². The topological polar surface area (TPSA) is 55.4 Å². The standard InChI is InChI=1S/C13H29NO6/c1-14(5-8-18-11-15-2,6-9-19-12-16-3)7-10-20-13-17-4/h1,5-13H2,2-4H3. The fourth-order valence-corrected chi connectivity index (χ4v) is 1.54. The molecule has 0 aliphatic carbocycles. The van der Waals surface area contributed by atoms with Gasteiger partial charge in [0.25, 0.3) is 0 Å². The minimum Gasteiger partial charge on any atom is -0.451 e. The van der Waals surface area contributed by atoms with Crippen LogP contribution in [0.2, 0.25) is 0 Å². The van der Waals surface area contributed by atoms with Crippen LogP contribution < -0.4 is 0 Å². The first kappa shape index (κ1) is 19.7. The number of ether oxygens (including phenoxy) is 6. The molecule has 0 N–H and O–H groups in total. The van der Waals surface area contributed by atoms with Crippen LogP contribution in [0.4, 0.5) is 0 Å². The monoisotopic (exact) mass is 295 g/mol. The molecule has 0 aromatic carbocycles. The highest BCUT2D eigenvalue weighted by molar-refractivity contribution is 4.44. The lowest BCUT2D eigenvalue weighted by atomic mass is 10.3. The highest BCUT2D eigenvalue weighted by Crippen LogP contribution is 2.05. The highest BCUT2D eigenvalue weighted by Gasteiger charge is 2.15. The SMILES string of the molecule is [CH2-][N+](CCOCOC)(CCOCOC)CCOCOC. The molecule has 7 nitrogen and oxygen atoms in total. The summed E-state index contributed by atoms with van der Waals surface area (Å²) in [5, 5.41) is 0. The lowest BCUT2D eigenvalue weighted by Crippen LogP contribution is -2.48. The lowest BCUT2D eigenvalue weighted by molar-refractivity contribution is -0.887. The molecule has 0 amide bonds. The molecular formula is C13H29NO6. The molecule has 0 heterocycles. The predicted molar refractivity (Wildman–Crippen MR) is 73.7 cm³/mol. The molecule has 0 radical (unpaired) electrons. The van der Waals surface area contributed by atoms with Crippen molar-refractivity contribution in [3.05, 3.63) is 7.05 Å². The van der Waals surface area contributed by atoms with E-state index in [1.54, 1.807) is 21.3 Å². The summed E-state index contributed by atoms with van der Waals surface area (Å²) in [6.07, 6.45) is 0. The summed E-state index contributed by atoms with van der Waals surface area (Å²) in [6.45, 7) is 4.88. The summed E-state index contributed by atoms with van der Waals surface area (Å²) < 4.78 is 31.1. The molecule has 0 saturated carbocycles. The molecule has 20 heavy (non-hydrogen) atoms. The van der Waals surface area contributed by atoms with Crippen LogP contribution in [0.3, 0.4) is 0 Å². The van der Waals surface area contributed by atoms with E-state index >= 15 is 0 Å². The van der Waals surface area contributed by atoms with Gasteiger partial charge in [0.1, 0.15) is 20.4 Å². The second kappa shape index (κ2) is 13.7. The van der Waals surface area contributed by atoms with Gasteiger partial charge in [-0.1, -0.05) is 0 Å². The summed E-state index contributed by atoms with van der Waals surface area (Å²) >= 11 is 0. The van der Waals surface area contributed by atoms with E-state index in [1.165, 1.54) is 0 Å². The van der Waals surface area contributed by atoms with E-state index in [0.717, 1.165) is 19.6 Å². The number of methoxy groups -OCH3 is 3. The zero-order valence-corrected chi connectivity index (χ0v) is 13.0. The van der Waals surface area contributed by atoms with Gasteiger partial charge in [0.05, 0.1) is 39.5 Å². The van der Waals surface area contributed by atoms with Crippen molar-refractivity contribution in [3.63, 3.8) is 0 Å². The van der Waals surface area contributed by atoms with Gasteiger partial charge in [-0.2, -0.15) is 0 Å². The zero-order chi connectivity index (χ0) is 15.1. The largest absolute Gasteiger partial charge is 0.451 e. The van der Waals surface area contributed by atoms with E-state index in [2.05, 4.69) is 7.05 Å². The number of quaternary nitrogens is 1. The predicted octanol–water partition coefficient (Wildman–Crippen LogP) is 0.456. The van der Waals surface area contributed by atoms with Crippen molar-refractivity contribution in [1.82, 2.24) is 0 Å². The van der Waals surface area contributed by atoms with Gasteiger partial charge in [-0.15, -0.1) is 7.05 Å². The van der Waals surface area contributed by atoms with Crippen molar-refractivity contribution in [2.75, 3.05) is 81.2 Å². The summed E-state index contributed by atoms with van der Waals surface area (Å²) in [4.78, 5) is 0. The van der Waals surface area contributed by atoms with Gasteiger partial charge >= 0.3 is 0 Å². The second-order valence-electron chi connectivity index (χ2n) is 4.46. The summed E-state index contributed by atoms with van der Waals surface area (Å²) in [6, 6.07) is 0. The van der Waals surface area contributed by atoms with Crippen molar-refractivity contribution >= 4 is 0 Å². The first-order valence-corrected chi connectivity index (χ1v) is 6.59. The Morgan fingerprint density at radius 1 is 0.650 bits per heavy atom. The van der Waals surface area contributed by atoms with Crippen molar-refractivity contribution in [2.45, 2.75) is 0 Å². The molecule has 0 aromatic rings. The van der Waals surface area contributed by atoms with E-state index in [4.69, 9.17) is 28.4 Å². The van der Waals surface area contributed by atoms with Crippen LogP contribution in [0.1, 0.15) is 0 Å². The average Bonchev–Trinajstić information content (AvgIpc) is 2.45. The van der Waals surface area contributed by atoms with Gasteiger partial charge in [0.15, 0.2) is 0 Å². The van der Waals surface area contributed by atoms with Crippen molar-refractivity contribution < 1.29 is 32.9 Å². The van der Waals surface area contributed by atoms with Crippen LogP contribution in [0.25, 0.3) is 0 Å². The minimum absolute atomic E-state index is 0.292. The first-order valence-electron chi connectivity index (χ1n) is 6.59. The van der Waals surface area contributed by atoms with E-state index in [0.29, 0.717) is 44.7 Å². The van der Waals surface area contributed by atoms with Crippen molar-refractivity contribution in [1.29, 1.82) is 0 Å². The minimum atomic E-state index is 0.292. The number of hydrogen-bond donors (Lipinski definition) is 0. The molecule has 0 fully saturated rings. The van der Waals surface area contributed by atoms with Crippen molar-refractivity contribution in [3.8, 4) is 0 Å². The maximum Gasteiger partial charge on any atom is 0.146 e. The summed E-state index contributed by atoms with van der Waals surface area (Å²) in [7, 11) is 9.04. The van der Waals surface area contributed by atoms with Crippen LogP contribution in [0.15, 0.2) is 0 Å². The van der Waals surface area contributed by atoms with Crippen LogP contribution in [-0.2, 0) is 28.4 Å². The molecular weight excluding hydrogens is 266 g/mol. The second-order valence-corrected chi connectivity index (χ2v) is 4.46. The zero-order valence-electron chi connectivity index (χ0n) is 13.0. The lowest BCUT2D eigenvalue weighted by Gasteiger charge is -2.42. The molecule has 0 bridgehead atoms. The quantitative estimate of drug-likeness (QED) is 0.189. The Balaban J connectivity index is 3.98. The molecule has 0 unspecified atom stereocenters. The summed E-state index contributed by atoms with van der Waals surface area (Å²) in [5.74, 6) is 0. The van der Waals surface area contributed by atoms with Crippen LogP contribution >= 0.6 is 0 Å². The molecule has 0 aliphatic rings. The molecule has 0 aromatic heterocycles. The maximum absolute atomic E-state index is 5.32. The fourth-order valence-electron chi connectivity index (χ4n) is 1.54. The van der Waals surface area contributed by atoms with Gasteiger partial charge in [-0.05, 0) is 0 Å². The van der Waals surface area contributed by atoms with E-state index in [-0.39, 0.29) is 0 Å². The average molecular weight is 295 g/mol. The third kappa shape index (κ3) is 11.5. The third-order valence-corrected chi connectivity index (χ3v) is 2.73. The van der Waals surface area contributed by atoms with Crippen LogP contribution in [0.5, 0.6) is 0 Å². The molecule has 0 saturated heterocycles. The molecule has 0 rings (SSSR count). The Bertz CT molecular complexity index is 174. The van der Waals surface area contributed by atoms with Gasteiger partial charge in [-0.25, -0.2) is 0 Å². The van der Waals surface area contributed by atoms with Crippen LogP contribution in [-0.4, -0.2) is 85.6 Å². The Hall–Kier alpha value is -0.280. The molecule has 0 atom stereocenters. The summed E-state index contributed by atoms with van der Waals surface area (Å²) in [5.41, 5.74) is 0. The Labute approximate surface area is 122 Å². The van der Waals surface area contributed by atoms with Crippen molar-refractivity contribution in [2.24, 2.45) is 0 Å². The van der Waals surface area contributed by atoms with E-state index < -0.39 is 0 Å². The maximum atomic E-state index is 5.32.